The molecule has 1 saturated heterocycles. The highest BCUT2D eigenvalue weighted by Gasteiger charge is 2.26. The van der Waals surface area contributed by atoms with Crippen LogP contribution in [0.25, 0.3) is 0 Å². The number of anilines is 1. The highest BCUT2D eigenvalue weighted by Crippen LogP contribution is 2.18. The maximum absolute atomic E-state index is 12.1. The number of nitrogens with one attached hydrogen (secondary N) is 1. The summed E-state index contributed by atoms with van der Waals surface area (Å²) in [4.78, 5) is 14.0. The lowest BCUT2D eigenvalue weighted by Crippen LogP contribution is -2.45. The largest absolute Gasteiger partial charge is 0.376 e. The molecule has 1 aromatic rings. The van der Waals surface area contributed by atoms with Gasteiger partial charge in [0.2, 0.25) is 5.91 Å². The van der Waals surface area contributed by atoms with Crippen molar-refractivity contribution in [2.75, 3.05) is 18.4 Å². The van der Waals surface area contributed by atoms with E-state index in [2.05, 4.69) is 5.32 Å². The highest BCUT2D eigenvalue weighted by molar-refractivity contribution is 7.80. The minimum Gasteiger partial charge on any atom is -0.376 e. The van der Waals surface area contributed by atoms with E-state index in [1.807, 2.05) is 35.2 Å². The number of hydrogen-bond acceptors (Lipinski definition) is 2. The van der Waals surface area contributed by atoms with Gasteiger partial charge in [-0.25, -0.2) is 0 Å². The summed E-state index contributed by atoms with van der Waals surface area (Å²) in [6.07, 6.45) is 1.84. The molecular formula is C13H17N3OS. The van der Waals surface area contributed by atoms with E-state index in [1.165, 1.54) is 0 Å². The fourth-order valence-electron chi connectivity index (χ4n) is 2.16. The second-order valence-corrected chi connectivity index (χ2v) is 4.90. The van der Waals surface area contributed by atoms with E-state index in [-0.39, 0.29) is 11.8 Å². The Balaban J connectivity index is 1.95. The molecule has 0 radical (unpaired) electrons. The Morgan fingerprint density at radius 2 is 2.11 bits per heavy atom. The van der Waals surface area contributed by atoms with E-state index in [1.54, 1.807) is 0 Å². The predicted octanol–water partition coefficient (Wildman–Crippen LogP) is 1.58. The summed E-state index contributed by atoms with van der Waals surface area (Å²) in [5.74, 6) is 0.00241. The first-order valence-electron chi connectivity index (χ1n) is 6.07. The third-order valence-electron chi connectivity index (χ3n) is 3.15. The van der Waals surface area contributed by atoms with Gasteiger partial charge in [-0.2, -0.15) is 0 Å². The third-order valence-corrected chi connectivity index (χ3v) is 3.40. The molecule has 1 atom stereocenters. The molecule has 0 aromatic heterocycles. The molecule has 1 heterocycles. The smallest absolute Gasteiger partial charge is 0.229 e. The van der Waals surface area contributed by atoms with E-state index in [9.17, 15) is 4.79 Å². The molecule has 1 aliphatic rings. The maximum Gasteiger partial charge on any atom is 0.229 e. The average molecular weight is 263 g/mol. The quantitative estimate of drug-likeness (QED) is 0.795. The monoisotopic (exact) mass is 263 g/mol. The lowest BCUT2D eigenvalue weighted by molar-refractivity contribution is -0.121. The molecule has 5 heteroatoms. The van der Waals surface area contributed by atoms with Crippen LogP contribution in [-0.4, -0.2) is 29.0 Å². The van der Waals surface area contributed by atoms with Crippen LogP contribution in [-0.2, 0) is 4.79 Å². The number of hydrogen-bond donors (Lipinski definition) is 2. The molecule has 1 amide bonds. The topological polar surface area (TPSA) is 58.4 Å². The summed E-state index contributed by atoms with van der Waals surface area (Å²) in [5.41, 5.74) is 6.44. The fourth-order valence-corrected chi connectivity index (χ4v) is 2.32. The van der Waals surface area contributed by atoms with Crippen LogP contribution in [0.3, 0.4) is 0 Å². The molecule has 0 spiro atoms. The molecule has 0 saturated carbocycles. The van der Waals surface area contributed by atoms with Crippen LogP contribution in [0.4, 0.5) is 5.69 Å². The van der Waals surface area contributed by atoms with Gasteiger partial charge >= 0.3 is 0 Å². The molecular weight excluding hydrogens is 246 g/mol. The number of rotatable bonds is 2. The van der Waals surface area contributed by atoms with Gasteiger partial charge in [-0.1, -0.05) is 18.2 Å². The first-order chi connectivity index (χ1) is 8.66. The minimum atomic E-state index is -0.0412. The number of likely N-dealkylation sites (tertiary alicyclic amines) is 1. The zero-order chi connectivity index (χ0) is 13.0. The first kappa shape index (κ1) is 12.8. The summed E-state index contributed by atoms with van der Waals surface area (Å²) < 4.78 is 0. The van der Waals surface area contributed by atoms with Crippen molar-refractivity contribution in [3.8, 4) is 0 Å². The molecule has 96 valence electrons. The van der Waals surface area contributed by atoms with Gasteiger partial charge in [0.1, 0.15) is 0 Å². The van der Waals surface area contributed by atoms with Crippen molar-refractivity contribution in [2.45, 2.75) is 12.8 Å². The molecule has 1 unspecified atom stereocenters. The van der Waals surface area contributed by atoms with Crippen LogP contribution in [0.15, 0.2) is 30.3 Å². The Morgan fingerprint density at radius 1 is 1.39 bits per heavy atom. The van der Waals surface area contributed by atoms with Gasteiger partial charge in [0.25, 0.3) is 0 Å². The number of benzene rings is 1. The van der Waals surface area contributed by atoms with Crippen LogP contribution >= 0.6 is 12.2 Å². The Morgan fingerprint density at radius 3 is 2.78 bits per heavy atom. The van der Waals surface area contributed by atoms with Gasteiger partial charge in [0, 0.05) is 18.8 Å². The van der Waals surface area contributed by atoms with E-state index in [4.69, 9.17) is 18.0 Å². The number of thiocarbonyl (C=S) groups is 1. The lowest BCUT2D eigenvalue weighted by Gasteiger charge is -2.32. The minimum absolute atomic E-state index is 0.0412. The van der Waals surface area contributed by atoms with Crippen molar-refractivity contribution in [2.24, 2.45) is 11.7 Å². The standard InChI is InChI=1S/C13H17N3OS/c14-13(18)16-8-4-5-10(9-16)12(17)15-11-6-2-1-3-7-11/h1-3,6-7,10H,4-5,8-9H2,(H2,14,18)(H,15,17). The number of carbonyl (C=O) groups is 1. The third kappa shape index (κ3) is 3.20. The normalized spacial score (nSPS) is 19.3. The van der Waals surface area contributed by atoms with Crippen molar-refractivity contribution in [3.05, 3.63) is 30.3 Å². The Bertz CT molecular complexity index is 435. The molecule has 1 aromatic carbocycles. The van der Waals surface area contributed by atoms with Crippen molar-refractivity contribution >= 4 is 28.9 Å². The summed E-state index contributed by atoms with van der Waals surface area (Å²) in [6, 6.07) is 9.48. The number of piperidine rings is 1. The van der Waals surface area contributed by atoms with Crippen molar-refractivity contribution in [1.82, 2.24) is 4.90 Å². The van der Waals surface area contributed by atoms with Gasteiger partial charge in [-0.3, -0.25) is 4.79 Å². The molecule has 2 rings (SSSR count). The molecule has 4 nitrogen and oxygen atoms in total. The first-order valence-corrected chi connectivity index (χ1v) is 6.48. The van der Waals surface area contributed by atoms with Crippen LogP contribution < -0.4 is 11.1 Å². The average Bonchev–Trinajstić information content (AvgIpc) is 2.40. The van der Waals surface area contributed by atoms with Gasteiger partial charge in [0.15, 0.2) is 5.11 Å². The van der Waals surface area contributed by atoms with Gasteiger partial charge in [-0.05, 0) is 37.2 Å². The predicted molar refractivity (Wildman–Crippen MR) is 76.2 cm³/mol. The summed E-state index contributed by atoms with van der Waals surface area (Å²) in [6.45, 7) is 1.47. The fraction of sp³-hybridized carbons (Fsp3) is 0.385. The Kier molecular flexibility index (Phi) is 4.15. The maximum atomic E-state index is 12.1. The summed E-state index contributed by atoms with van der Waals surface area (Å²) >= 11 is 4.96. The number of nitrogens with two attached hydrogens (primary N) is 1. The van der Waals surface area contributed by atoms with E-state index in [0.29, 0.717) is 11.7 Å². The molecule has 3 N–H and O–H groups in total. The number of carbonyl (C=O) groups excluding carboxylic acids is 1. The molecule has 18 heavy (non-hydrogen) atoms. The SMILES string of the molecule is NC(=S)N1CCCC(C(=O)Nc2ccccc2)C1. The second kappa shape index (κ2) is 5.82. The van der Waals surface area contributed by atoms with Crippen LogP contribution in [0.5, 0.6) is 0 Å². The number of amides is 1. The van der Waals surface area contributed by atoms with Crippen molar-refractivity contribution < 1.29 is 4.79 Å². The summed E-state index contributed by atoms with van der Waals surface area (Å²) in [7, 11) is 0. The van der Waals surface area contributed by atoms with Gasteiger partial charge in [-0.15, -0.1) is 0 Å². The number of para-hydroxylation sites is 1. The molecule has 1 fully saturated rings. The highest BCUT2D eigenvalue weighted by atomic mass is 32.1. The zero-order valence-corrected chi connectivity index (χ0v) is 11.0. The zero-order valence-electron chi connectivity index (χ0n) is 10.1. The van der Waals surface area contributed by atoms with Crippen LogP contribution in [0.1, 0.15) is 12.8 Å². The molecule has 0 bridgehead atoms. The van der Waals surface area contributed by atoms with E-state index >= 15 is 0 Å². The van der Waals surface area contributed by atoms with Gasteiger partial charge < -0.3 is 16.0 Å². The van der Waals surface area contributed by atoms with Crippen LogP contribution in [0.2, 0.25) is 0 Å². The molecule has 0 aliphatic carbocycles. The second-order valence-electron chi connectivity index (χ2n) is 4.48. The van der Waals surface area contributed by atoms with E-state index < -0.39 is 0 Å². The Labute approximate surface area is 112 Å². The van der Waals surface area contributed by atoms with E-state index in [0.717, 1.165) is 25.1 Å². The lowest BCUT2D eigenvalue weighted by atomic mass is 9.97. The van der Waals surface area contributed by atoms with Crippen molar-refractivity contribution in [3.63, 3.8) is 0 Å². The van der Waals surface area contributed by atoms with Crippen LogP contribution in [0, 0.1) is 5.92 Å². The van der Waals surface area contributed by atoms with Crippen molar-refractivity contribution in [1.29, 1.82) is 0 Å². The summed E-state index contributed by atoms with van der Waals surface area (Å²) in [5, 5.41) is 3.30. The number of nitrogens with zero attached hydrogens (tertiary/aromatic N) is 1. The Hall–Kier alpha value is -1.62. The molecule has 1 aliphatic heterocycles. The van der Waals surface area contributed by atoms with Gasteiger partial charge in [0.05, 0.1) is 5.92 Å².